The van der Waals surface area contributed by atoms with Gasteiger partial charge in [0.05, 0.1) is 50.5 Å². The van der Waals surface area contributed by atoms with Crippen LogP contribution in [0.3, 0.4) is 0 Å². The fourth-order valence-corrected chi connectivity index (χ4v) is 5.57. The summed E-state index contributed by atoms with van der Waals surface area (Å²) >= 11 is 0. The summed E-state index contributed by atoms with van der Waals surface area (Å²) in [5.41, 5.74) is 8.45. The number of hydrogen-bond donors (Lipinski definition) is 2. The van der Waals surface area contributed by atoms with E-state index >= 15 is 0 Å². The third-order valence-electron chi connectivity index (χ3n) is 6.07. The molecule has 0 amide bonds. The lowest BCUT2D eigenvalue weighted by molar-refractivity contribution is 0.0985. The van der Waals surface area contributed by atoms with E-state index in [-0.39, 0.29) is 6.04 Å². The Hall–Kier alpha value is -2.72. The van der Waals surface area contributed by atoms with Crippen LogP contribution in [0.4, 0.5) is 11.8 Å². The van der Waals surface area contributed by atoms with Gasteiger partial charge in [0.2, 0.25) is 11.9 Å². The number of ether oxygens (including phenoxy) is 1. The van der Waals surface area contributed by atoms with Crippen LogP contribution in [-0.2, 0) is 19.2 Å². The van der Waals surface area contributed by atoms with Gasteiger partial charge in [-0.05, 0) is 31.9 Å². The molecule has 158 valence electrons. The minimum absolute atomic E-state index is 0.142. The van der Waals surface area contributed by atoms with Gasteiger partial charge in [0, 0.05) is 18.9 Å². The number of benzene rings is 1. The van der Waals surface area contributed by atoms with Gasteiger partial charge in [0.1, 0.15) is 5.82 Å². The van der Waals surface area contributed by atoms with Crippen molar-refractivity contribution in [2.75, 3.05) is 36.6 Å². The van der Waals surface area contributed by atoms with Gasteiger partial charge in [-0.2, -0.15) is 4.98 Å². The number of nitrogens with zero attached hydrogens (tertiary/aromatic N) is 5. The lowest BCUT2D eigenvalue weighted by atomic mass is 10.2. The summed E-state index contributed by atoms with van der Waals surface area (Å²) in [7, 11) is -2.83. The van der Waals surface area contributed by atoms with Crippen molar-refractivity contribution in [3.8, 4) is 5.95 Å². The summed E-state index contributed by atoms with van der Waals surface area (Å²) in [6, 6.07) is 9.67. The molecule has 5 rings (SSSR count). The summed E-state index contributed by atoms with van der Waals surface area (Å²) in [6.07, 6.45) is 2.86. The van der Waals surface area contributed by atoms with E-state index < -0.39 is 14.5 Å². The number of hydrogen-bond acceptors (Lipinski definition) is 8. The first-order valence-corrected chi connectivity index (χ1v) is 12.0. The number of nitrogen functional groups attached to an aromatic ring is 1. The van der Waals surface area contributed by atoms with Crippen molar-refractivity contribution in [3.05, 3.63) is 36.0 Å². The highest BCUT2D eigenvalue weighted by Crippen LogP contribution is 2.52. The zero-order valence-corrected chi connectivity index (χ0v) is 17.9. The molecule has 2 aliphatic rings. The first kappa shape index (κ1) is 19.3. The Morgan fingerprint density at radius 1 is 1.27 bits per heavy atom. The molecule has 0 bridgehead atoms. The van der Waals surface area contributed by atoms with Crippen LogP contribution in [0.2, 0.25) is 0 Å². The van der Waals surface area contributed by atoms with E-state index in [1.807, 2.05) is 30.3 Å². The zero-order chi connectivity index (χ0) is 21.1. The van der Waals surface area contributed by atoms with Crippen LogP contribution in [0.1, 0.15) is 25.5 Å². The summed E-state index contributed by atoms with van der Waals surface area (Å²) in [5.74, 6) is 1.42. The molecule has 2 aromatic heterocycles. The van der Waals surface area contributed by atoms with Crippen LogP contribution < -0.4 is 10.6 Å². The monoisotopic (exact) mass is 427 g/mol. The summed E-state index contributed by atoms with van der Waals surface area (Å²) in [5, 5.41) is 0. The molecule has 10 heteroatoms. The van der Waals surface area contributed by atoms with Gasteiger partial charge in [-0.15, -0.1) is 0 Å². The van der Waals surface area contributed by atoms with Gasteiger partial charge in [-0.3, -0.25) is 4.78 Å². The molecular formula is C20H25N7O2S. The first-order chi connectivity index (χ1) is 14.3. The maximum absolute atomic E-state index is 12.8. The minimum atomic E-state index is -2.83. The SMILES string of the molecule is C[C@@H]1COCCN1c1cc(C2([S@@](C)(=N)=O)CC2)nc(-n2c(N)nc3ccccc32)n1. The maximum atomic E-state index is 12.8. The topological polar surface area (TPSA) is 123 Å². The van der Waals surface area contributed by atoms with Gasteiger partial charge in [-0.1, -0.05) is 12.1 Å². The van der Waals surface area contributed by atoms with Crippen LogP contribution in [0, 0.1) is 4.78 Å². The summed E-state index contributed by atoms with van der Waals surface area (Å²) < 4.78 is 27.7. The number of para-hydroxylation sites is 2. The van der Waals surface area contributed by atoms with E-state index in [0.717, 1.165) is 16.9 Å². The van der Waals surface area contributed by atoms with Crippen LogP contribution in [-0.4, -0.2) is 55.8 Å². The molecule has 1 aliphatic heterocycles. The fourth-order valence-electron chi connectivity index (χ4n) is 4.18. The van der Waals surface area contributed by atoms with Crippen molar-refractivity contribution >= 4 is 32.5 Å². The number of aromatic nitrogens is 4. The average molecular weight is 428 g/mol. The Kier molecular flexibility index (Phi) is 4.26. The highest BCUT2D eigenvalue weighted by Gasteiger charge is 2.53. The number of rotatable bonds is 4. The molecule has 9 nitrogen and oxygen atoms in total. The largest absolute Gasteiger partial charge is 0.377 e. The molecule has 0 radical (unpaired) electrons. The second kappa shape index (κ2) is 6.64. The first-order valence-electron chi connectivity index (χ1n) is 10.0. The molecule has 1 saturated heterocycles. The Morgan fingerprint density at radius 2 is 2.03 bits per heavy atom. The van der Waals surface area contributed by atoms with E-state index in [1.165, 1.54) is 6.26 Å². The number of fused-ring (bicyclic) bond motifs is 1. The molecule has 0 spiro atoms. The molecule has 2 fully saturated rings. The molecular weight excluding hydrogens is 402 g/mol. The van der Waals surface area contributed by atoms with Gasteiger partial charge in [0.25, 0.3) is 0 Å². The van der Waals surface area contributed by atoms with E-state index in [2.05, 4.69) is 16.8 Å². The number of nitrogens with one attached hydrogen (secondary N) is 1. The summed E-state index contributed by atoms with van der Waals surface area (Å²) in [4.78, 5) is 16.2. The predicted octanol–water partition coefficient (Wildman–Crippen LogP) is 2.29. The quantitative estimate of drug-likeness (QED) is 0.655. The Balaban J connectivity index is 1.74. The normalized spacial score (nSPS) is 22.7. The molecule has 1 saturated carbocycles. The molecule has 2 atom stereocenters. The van der Waals surface area contributed by atoms with E-state index in [9.17, 15) is 4.21 Å². The van der Waals surface area contributed by atoms with Gasteiger partial charge >= 0.3 is 0 Å². The number of anilines is 2. The zero-order valence-electron chi connectivity index (χ0n) is 17.0. The third-order valence-corrected chi connectivity index (χ3v) is 8.17. The molecule has 3 aromatic rings. The van der Waals surface area contributed by atoms with Crippen molar-refractivity contribution < 1.29 is 8.95 Å². The van der Waals surface area contributed by atoms with Crippen LogP contribution >= 0.6 is 0 Å². The van der Waals surface area contributed by atoms with E-state index in [1.54, 1.807) is 4.57 Å². The molecule has 0 unspecified atom stereocenters. The lowest BCUT2D eigenvalue weighted by Crippen LogP contribution is -2.44. The average Bonchev–Trinajstić information content (AvgIpc) is 3.46. The third kappa shape index (κ3) is 2.93. The van der Waals surface area contributed by atoms with E-state index in [0.29, 0.717) is 50.2 Å². The molecule has 30 heavy (non-hydrogen) atoms. The van der Waals surface area contributed by atoms with Crippen LogP contribution in [0.15, 0.2) is 30.3 Å². The Labute approximate surface area is 175 Å². The van der Waals surface area contributed by atoms with Crippen LogP contribution in [0.25, 0.3) is 17.0 Å². The van der Waals surface area contributed by atoms with Crippen molar-refractivity contribution in [2.45, 2.75) is 30.6 Å². The van der Waals surface area contributed by atoms with E-state index in [4.69, 9.17) is 25.2 Å². The van der Waals surface area contributed by atoms with Crippen molar-refractivity contribution in [2.24, 2.45) is 0 Å². The Morgan fingerprint density at radius 3 is 2.73 bits per heavy atom. The molecule has 3 heterocycles. The van der Waals surface area contributed by atoms with Gasteiger partial charge in [0.15, 0.2) is 0 Å². The maximum Gasteiger partial charge on any atom is 0.239 e. The molecule has 1 aromatic carbocycles. The highest BCUT2D eigenvalue weighted by atomic mass is 32.2. The van der Waals surface area contributed by atoms with Gasteiger partial charge < -0.3 is 15.4 Å². The second-order valence-electron chi connectivity index (χ2n) is 8.16. The molecule has 3 N–H and O–H groups in total. The van der Waals surface area contributed by atoms with Crippen LogP contribution in [0.5, 0.6) is 0 Å². The lowest BCUT2D eigenvalue weighted by Gasteiger charge is -2.34. The fraction of sp³-hybridized carbons (Fsp3) is 0.450. The highest BCUT2D eigenvalue weighted by molar-refractivity contribution is 7.92. The smallest absolute Gasteiger partial charge is 0.239 e. The predicted molar refractivity (Wildman–Crippen MR) is 116 cm³/mol. The number of nitrogens with two attached hydrogens (primary N) is 1. The van der Waals surface area contributed by atoms with Gasteiger partial charge in [-0.25, -0.2) is 18.7 Å². The minimum Gasteiger partial charge on any atom is -0.377 e. The van der Waals surface area contributed by atoms with Crippen molar-refractivity contribution in [1.29, 1.82) is 4.78 Å². The standard InChI is InChI=1S/C20H25N7O2S/c1-13-12-29-10-9-26(13)17-11-16(20(7-8-20)30(2,22)28)24-19(25-17)27-15-6-4-3-5-14(15)23-18(27)21/h3-6,11,13,22H,7-10,12H2,1-2H3,(H2,21,23)/t13-,30+/m1/s1. The Bertz CT molecular complexity index is 1230. The second-order valence-corrected chi connectivity index (χ2v) is 10.6. The molecule has 1 aliphatic carbocycles. The van der Waals surface area contributed by atoms with Crippen molar-refractivity contribution in [1.82, 2.24) is 19.5 Å². The van der Waals surface area contributed by atoms with Crippen molar-refractivity contribution in [3.63, 3.8) is 0 Å². The number of morpholine rings is 1. The number of imidazole rings is 1. The summed E-state index contributed by atoms with van der Waals surface area (Å²) in [6.45, 7) is 4.01.